The van der Waals surface area contributed by atoms with Crippen molar-refractivity contribution in [1.82, 2.24) is 0 Å². The minimum absolute atomic E-state index is 0.0661. The fourth-order valence-corrected chi connectivity index (χ4v) is 8.56. The van der Waals surface area contributed by atoms with Crippen molar-refractivity contribution >= 4 is 5.78 Å². The first-order chi connectivity index (χ1) is 13.9. The molecule has 29 heavy (non-hydrogen) atoms. The van der Waals surface area contributed by atoms with Crippen LogP contribution in [0, 0.1) is 34.5 Å². The van der Waals surface area contributed by atoms with Crippen molar-refractivity contribution in [3.05, 3.63) is 35.9 Å². The zero-order valence-electron chi connectivity index (χ0n) is 18.3. The number of hydrogen-bond acceptors (Lipinski definition) is 2. The standard InChI is InChI=1S/C27H38O2/c1-25-14-11-21(28)18-20(25)8-9-22-23(25)12-15-26(2)24(22)13-17-27(26,29)16-10-19-6-4-3-5-7-19/h3-7,20,22-24,29H,8-18H2,1-2H3/t20-,22+,23-,24+,25-,26+,27+/m0/s1. The van der Waals surface area contributed by atoms with E-state index in [1.807, 2.05) is 0 Å². The summed E-state index contributed by atoms with van der Waals surface area (Å²) in [5.41, 5.74) is 1.26. The summed E-state index contributed by atoms with van der Waals surface area (Å²) < 4.78 is 0. The third-order valence-electron chi connectivity index (χ3n) is 10.5. The summed E-state index contributed by atoms with van der Waals surface area (Å²) in [5.74, 6) is 3.31. The average Bonchev–Trinajstić information content (AvgIpc) is 2.99. The van der Waals surface area contributed by atoms with Crippen molar-refractivity contribution in [3.63, 3.8) is 0 Å². The number of benzene rings is 1. The molecule has 0 radical (unpaired) electrons. The fourth-order valence-electron chi connectivity index (χ4n) is 8.56. The van der Waals surface area contributed by atoms with Gasteiger partial charge < -0.3 is 5.11 Å². The zero-order valence-corrected chi connectivity index (χ0v) is 18.3. The Morgan fingerprint density at radius 2 is 1.72 bits per heavy atom. The molecule has 1 aromatic carbocycles. The molecule has 7 atom stereocenters. The highest BCUT2D eigenvalue weighted by molar-refractivity contribution is 5.79. The predicted molar refractivity (Wildman–Crippen MR) is 116 cm³/mol. The summed E-state index contributed by atoms with van der Waals surface area (Å²) in [4.78, 5) is 12.1. The van der Waals surface area contributed by atoms with Crippen LogP contribution in [0.1, 0.15) is 83.6 Å². The van der Waals surface area contributed by atoms with Gasteiger partial charge in [0.25, 0.3) is 0 Å². The number of Topliss-reactive ketones (excluding diaryl/α,β-unsaturated/α-hetero) is 1. The van der Waals surface area contributed by atoms with E-state index in [1.54, 1.807) is 0 Å². The monoisotopic (exact) mass is 394 g/mol. The van der Waals surface area contributed by atoms with E-state index in [2.05, 4.69) is 44.2 Å². The molecule has 0 unspecified atom stereocenters. The molecule has 0 heterocycles. The van der Waals surface area contributed by atoms with E-state index >= 15 is 0 Å². The largest absolute Gasteiger partial charge is 0.389 e. The van der Waals surface area contributed by atoms with E-state index in [0.29, 0.717) is 23.0 Å². The van der Waals surface area contributed by atoms with Crippen molar-refractivity contribution in [2.24, 2.45) is 34.5 Å². The Labute approximate surface area is 176 Å². The first kappa shape index (κ1) is 19.8. The van der Waals surface area contributed by atoms with Gasteiger partial charge >= 0.3 is 0 Å². The van der Waals surface area contributed by atoms with Crippen LogP contribution in [0.3, 0.4) is 0 Å². The van der Waals surface area contributed by atoms with Gasteiger partial charge in [-0.05, 0) is 97.9 Å². The lowest BCUT2D eigenvalue weighted by atomic mass is 9.44. The highest BCUT2D eigenvalue weighted by Gasteiger charge is 2.64. The molecular weight excluding hydrogens is 356 g/mol. The van der Waals surface area contributed by atoms with E-state index in [0.717, 1.165) is 50.4 Å². The second kappa shape index (κ2) is 6.94. The molecule has 0 spiro atoms. The molecule has 4 aliphatic rings. The van der Waals surface area contributed by atoms with Crippen molar-refractivity contribution in [2.45, 2.75) is 90.1 Å². The first-order valence-electron chi connectivity index (χ1n) is 12.1. The van der Waals surface area contributed by atoms with Gasteiger partial charge in [0.2, 0.25) is 0 Å². The van der Waals surface area contributed by atoms with Gasteiger partial charge in [0.1, 0.15) is 5.78 Å². The number of aryl methyl sites for hydroxylation is 1. The van der Waals surface area contributed by atoms with Gasteiger partial charge in [-0.3, -0.25) is 4.79 Å². The summed E-state index contributed by atoms with van der Waals surface area (Å²) in [6, 6.07) is 10.7. The van der Waals surface area contributed by atoms with Crippen molar-refractivity contribution in [1.29, 1.82) is 0 Å². The van der Waals surface area contributed by atoms with Crippen molar-refractivity contribution in [3.8, 4) is 0 Å². The van der Waals surface area contributed by atoms with E-state index < -0.39 is 5.60 Å². The van der Waals surface area contributed by atoms with Gasteiger partial charge in [0, 0.05) is 12.8 Å². The van der Waals surface area contributed by atoms with Crippen LogP contribution in [-0.4, -0.2) is 16.5 Å². The lowest BCUT2D eigenvalue weighted by Gasteiger charge is -2.61. The van der Waals surface area contributed by atoms with Gasteiger partial charge in [-0.1, -0.05) is 44.2 Å². The number of carbonyl (C=O) groups excluding carboxylic acids is 1. The summed E-state index contributed by atoms with van der Waals surface area (Å²) in [5, 5.41) is 11.9. The molecular formula is C27H38O2. The van der Waals surface area contributed by atoms with Gasteiger partial charge in [0.15, 0.2) is 0 Å². The number of hydrogen-bond donors (Lipinski definition) is 1. The van der Waals surface area contributed by atoms with Crippen LogP contribution < -0.4 is 0 Å². The number of fused-ring (bicyclic) bond motifs is 5. The Morgan fingerprint density at radius 3 is 2.52 bits per heavy atom. The summed E-state index contributed by atoms with van der Waals surface area (Å²) in [6.07, 6.45) is 11.7. The molecule has 4 aliphatic carbocycles. The van der Waals surface area contributed by atoms with Crippen molar-refractivity contribution < 1.29 is 9.90 Å². The first-order valence-corrected chi connectivity index (χ1v) is 12.1. The molecule has 4 fully saturated rings. The molecule has 0 aromatic heterocycles. The van der Waals surface area contributed by atoms with E-state index in [-0.39, 0.29) is 5.41 Å². The molecule has 1 N–H and O–H groups in total. The lowest BCUT2D eigenvalue weighted by Crippen LogP contribution is -2.56. The lowest BCUT2D eigenvalue weighted by molar-refractivity contribution is -0.158. The SMILES string of the molecule is C[C@]12CCC(=O)C[C@@H]1CC[C@H]1[C@H]3CC[C@](O)(CCc4ccccc4)[C@]3(C)CC[C@@H]12. The summed E-state index contributed by atoms with van der Waals surface area (Å²) in [6.45, 7) is 4.94. The second-order valence-electron chi connectivity index (χ2n) is 11.4. The minimum Gasteiger partial charge on any atom is -0.389 e. The maximum Gasteiger partial charge on any atom is 0.133 e. The van der Waals surface area contributed by atoms with Crippen molar-refractivity contribution in [2.75, 3.05) is 0 Å². The molecule has 0 saturated heterocycles. The Balaban J connectivity index is 1.36. The van der Waals surface area contributed by atoms with Crippen LogP contribution >= 0.6 is 0 Å². The number of aliphatic hydroxyl groups is 1. The molecule has 158 valence electrons. The Morgan fingerprint density at radius 1 is 0.966 bits per heavy atom. The van der Waals surface area contributed by atoms with Crippen LogP contribution in [0.2, 0.25) is 0 Å². The molecule has 0 aliphatic heterocycles. The molecule has 5 rings (SSSR count). The smallest absolute Gasteiger partial charge is 0.133 e. The number of ketones is 1. The second-order valence-corrected chi connectivity index (χ2v) is 11.4. The van der Waals surface area contributed by atoms with Gasteiger partial charge in [0.05, 0.1) is 5.60 Å². The van der Waals surface area contributed by atoms with Crippen LogP contribution in [-0.2, 0) is 11.2 Å². The minimum atomic E-state index is -0.515. The molecule has 4 saturated carbocycles. The molecule has 1 aromatic rings. The topological polar surface area (TPSA) is 37.3 Å². The highest BCUT2D eigenvalue weighted by Crippen LogP contribution is 2.68. The molecule has 0 bridgehead atoms. The Bertz CT molecular complexity index is 772. The van der Waals surface area contributed by atoms with E-state index in [9.17, 15) is 9.90 Å². The van der Waals surface area contributed by atoms with Gasteiger partial charge in [-0.2, -0.15) is 0 Å². The van der Waals surface area contributed by atoms with Crippen LogP contribution in [0.5, 0.6) is 0 Å². The fraction of sp³-hybridized carbons (Fsp3) is 0.741. The molecule has 0 amide bonds. The Hall–Kier alpha value is -1.15. The zero-order chi connectivity index (χ0) is 20.3. The molecule has 2 heteroatoms. The maximum absolute atomic E-state index is 12.1. The third kappa shape index (κ3) is 2.96. The summed E-state index contributed by atoms with van der Waals surface area (Å²) in [7, 11) is 0. The highest BCUT2D eigenvalue weighted by atomic mass is 16.3. The number of carbonyl (C=O) groups is 1. The van der Waals surface area contributed by atoms with E-state index in [4.69, 9.17) is 0 Å². The average molecular weight is 395 g/mol. The molecule has 2 nitrogen and oxygen atoms in total. The van der Waals surface area contributed by atoms with Crippen LogP contribution in [0.25, 0.3) is 0 Å². The summed E-state index contributed by atoms with van der Waals surface area (Å²) >= 11 is 0. The quantitative estimate of drug-likeness (QED) is 0.686. The van der Waals surface area contributed by atoms with Crippen LogP contribution in [0.4, 0.5) is 0 Å². The maximum atomic E-state index is 12.1. The number of rotatable bonds is 3. The van der Waals surface area contributed by atoms with Gasteiger partial charge in [-0.25, -0.2) is 0 Å². The van der Waals surface area contributed by atoms with E-state index in [1.165, 1.54) is 37.7 Å². The third-order valence-corrected chi connectivity index (χ3v) is 10.5. The van der Waals surface area contributed by atoms with Crippen LogP contribution in [0.15, 0.2) is 30.3 Å². The predicted octanol–water partition coefficient (Wildman–Crippen LogP) is 5.96. The Kier molecular flexibility index (Phi) is 4.74. The van der Waals surface area contributed by atoms with Gasteiger partial charge in [-0.15, -0.1) is 0 Å². The normalized spacial score (nSPS) is 46.7.